The van der Waals surface area contributed by atoms with Gasteiger partial charge in [0.15, 0.2) is 17.6 Å². The van der Waals surface area contributed by atoms with E-state index in [4.69, 9.17) is 26.4 Å². The Labute approximate surface area is 267 Å². The number of halogens is 1. The Morgan fingerprint density at radius 2 is 1.51 bits per heavy atom. The first kappa shape index (κ1) is 36.2. The van der Waals surface area contributed by atoms with Gasteiger partial charge in [-0.3, -0.25) is 9.59 Å². The van der Waals surface area contributed by atoms with Crippen LogP contribution in [0.15, 0.2) is 6.33 Å². The number of terminal acetylenes is 1. The summed E-state index contributed by atoms with van der Waals surface area (Å²) in [7, 11) is 0. The van der Waals surface area contributed by atoms with Crippen LogP contribution < -0.4 is 5.73 Å². The van der Waals surface area contributed by atoms with Gasteiger partial charge in [-0.2, -0.15) is 14.4 Å². The van der Waals surface area contributed by atoms with Gasteiger partial charge in [-0.05, 0) is 12.8 Å². The Kier molecular flexibility index (Phi) is 15.5. The number of carbonyl (C=O) groups is 2. The first-order chi connectivity index (χ1) is 21.8. The number of carbonyl (C=O) groups excluding carboxylic acids is 2. The number of ether oxygens (including phenoxy) is 3. The van der Waals surface area contributed by atoms with Gasteiger partial charge < -0.3 is 24.5 Å². The number of rotatable bonds is 22. The molecule has 0 radical (unpaired) electrons. The van der Waals surface area contributed by atoms with E-state index in [1.165, 1.54) is 68.7 Å². The second-order valence-corrected chi connectivity index (χ2v) is 12.1. The molecule has 2 aromatic rings. The second-order valence-electron chi connectivity index (χ2n) is 12.1. The van der Waals surface area contributed by atoms with Crippen molar-refractivity contribution in [2.45, 2.75) is 147 Å². The zero-order valence-corrected chi connectivity index (χ0v) is 27.2. The zero-order valence-electron chi connectivity index (χ0n) is 27.2. The third kappa shape index (κ3) is 10.9. The van der Waals surface area contributed by atoms with E-state index in [2.05, 4.69) is 34.7 Å². The van der Waals surface area contributed by atoms with Crippen LogP contribution in [0.3, 0.4) is 0 Å². The Bertz CT molecular complexity index is 1250. The quantitative estimate of drug-likeness (QED) is 0.0632. The Hall–Kier alpha value is -3.26. The normalized spacial score (nSPS) is 19.5. The van der Waals surface area contributed by atoms with Crippen molar-refractivity contribution in [3.8, 4) is 12.3 Å². The van der Waals surface area contributed by atoms with E-state index in [0.717, 1.165) is 38.5 Å². The fourth-order valence-corrected chi connectivity index (χ4v) is 5.82. The highest BCUT2D eigenvalue weighted by molar-refractivity contribution is 5.81. The number of nitrogens with zero attached hydrogens (tertiary/aromatic N) is 4. The van der Waals surface area contributed by atoms with E-state index in [-0.39, 0.29) is 49.0 Å². The summed E-state index contributed by atoms with van der Waals surface area (Å²) in [5.41, 5.74) is 4.66. The van der Waals surface area contributed by atoms with E-state index in [9.17, 15) is 14.0 Å². The predicted octanol–water partition coefficient (Wildman–Crippen LogP) is 7.01. The highest BCUT2D eigenvalue weighted by Crippen LogP contribution is 2.38. The highest BCUT2D eigenvalue weighted by Gasteiger charge is 2.54. The standard InChI is InChI=1S/C34H52FN5O5/c1-4-7-9-11-13-15-17-19-21-27(41)43-24-34(6-3)30(45-28(42)22-20-18-16-14-12-10-8-5-2)26(23-44-34)40-25-37-29-31(36)38-33(35)39-32(29)40/h3,25-26,30H,4-5,7-24H2,1-2H3,(H2,36,38,39)/t26?,30?,34-/m1/s1. The summed E-state index contributed by atoms with van der Waals surface area (Å²) in [6.45, 7) is 4.10. The van der Waals surface area contributed by atoms with Crippen molar-refractivity contribution in [2.75, 3.05) is 18.9 Å². The van der Waals surface area contributed by atoms with E-state index >= 15 is 0 Å². The van der Waals surface area contributed by atoms with Crippen molar-refractivity contribution in [3.05, 3.63) is 12.4 Å². The molecule has 3 atom stereocenters. The lowest BCUT2D eigenvalue weighted by atomic mass is 9.95. The Balaban J connectivity index is 1.64. The molecule has 0 spiro atoms. The molecule has 1 aliphatic heterocycles. The minimum atomic E-state index is -1.54. The van der Waals surface area contributed by atoms with Gasteiger partial charge in [0.25, 0.3) is 0 Å². The van der Waals surface area contributed by atoms with Gasteiger partial charge in [0.1, 0.15) is 18.2 Å². The maximum absolute atomic E-state index is 14.1. The molecule has 11 heteroatoms. The Morgan fingerprint density at radius 3 is 2.09 bits per heavy atom. The summed E-state index contributed by atoms with van der Waals surface area (Å²) in [5, 5.41) is 0. The second kappa shape index (κ2) is 19.3. The molecule has 250 valence electrons. The van der Waals surface area contributed by atoms with E-state index in [0.29, 0.717) is 6.42 Å². The lowest BCUT2D eigenvalue weighted by Crippen LogP contribution is -2.47. The van der Waals surface area contributed by atoms with Gasteiger partial charge in [-0.1, -0.05) is 110 Å². The lowest BCUT2D eigenvalue weighted by Gasteiger charge is -2.30. The van der Waals surface area contributed by atoms with Crippen molar-refractivity contribution >= 4 is 28.9 Å². The summed E-state index contributed by atoms with van der Waals surface area (Å²) in [4.78, 5) is 37.4. The summed E-state index contributed by atoms with van der Waals surface area (Å²) in [6.07, 6.45) is 23.4. The molecule has 0 bridgehead atoms. The first-order valence-corrected chi connectivity index (χ1v) is 17.0. The average molecular weight is 630 g/mol. The SMILES string of the molecule is C#C[C@]1(COC(=O)CCCCCCCCCC)OCC(n2cnc3c(N)nc(F)nc32)C1OC(=O)CCCCCCCCCC. The molecule has 1 fully saturated rings. The number of imidazole rings is 1. The smallest absolute Gasteiger partial charge is 0.312 e. The van der Waals surface area contributed by atoms with Gasteiger partial charge in [0, 0.05) is 12.8 Å². The van der Waals surface area contributed by atoms with Gasteiger partial charge >= 0.3 is 18.0 Å². The summed E-state index contributed by atoms with van der Waals surface area (Å²) >= 11 is 0. The molecule has 1 saturated heterocycles. The number of esters is 2. The van der Waals surface area contributed by atoms with Gasteiger partial charge in [-0.25, -0.2) is 4.98 Å². The molecule has 0 saturated carbocycles. The average Bonchev–Trinajstić information content (AvgIpc) is 3.60. The molecule has 45 heavy (non-hydrogen) atoms. The fraction of sp³-hybridized carbons (Fsp3) is 0.735. The van der Waals surface area contributed by atoms with Crippen LogP contribution in [0.1, 0.15) is 135 Å². The van der Waals surface area contributed by atoms with Crippen LogP contribution in [0.4, 0.5) is 10.2 Å². The van der Waals surface area contributed by atoms with Crippen LogP contribution >= 0.6 is 0 Å². The number of fused-ring (bicyclic) bond motifs is 1. The van der Waals surface area contributed by atoms with Crippen LogP contribution in [-0.2, 0) is 23.8 Å². The maximum Gasteiger partial charge on any atom is 0.312 e. The third-order valence-corrected chi connectivity index (χ3v) is 8.52. The molecule has 0 amide bonds. The predicted molar refractivity (Wildman–Crippen MR) is 172 cm³/mol. The maximum atomic E-state index is 14.1. The van der Waals surface area contributed by atoms with Crippen LogP contribution in [0.25, 0.3) is 11.2 Å². The van der Waals surface area contributed by atoms with E-state index < -0.39 is 29.8 Å². The van der Waals surface area contributed by atoms with Crippen LogP contribution in [0.5, 0.6) is 0 Å². The first-order valence-electron chi connectivity index (χ1n) is 17.0. The Morgan fingerprint density at radius 1 is 0.956 bits per heavy atom. The number of anilines is 1. The number of nitrogens with two attached hydrogens (primary N) is 1. The number of hydrogen-bond donors (Lipinski definition) is 1. The monoisotopic (exact) mass is 629 g/mol. The number of nitrogen functional groups attached to an aromatic ring is 1. The molecule has 2 unspecified atom stereocenters. The van der Waals surface area contributed by atoms with Crippen LogP contribution in [-0.4, -0.2) is 56.4 Å². The minimum absolute atomic E-state index is 0.00747. The molecule has 1 aliphatic rings. The number of aromatic nitrogens is 4. The van der Waals surface area contributed by atoms with Crippen molar-refractivity contribution in [1.82, 2.24) is 19.5 Å². The van der Waals surface area contributed by atoms with E-state index in [1.807, 2.05) is 0 Å². The molecule has 2 aromatic heterocycles. The van der Waals surface area contributed by atoms with Gasteiger partial charge in [-0.15, -0.1) is 6.42 Å². The van der Waals surface area contributed by atoms with Crippen LogP contribution in [0.2, 0.25) is 0 Å². The van der Waals surface area contributed by atoms with Crippen LogP contribution in [0, 0.1) is 18.4 Å². The molecule has 3 heterocycles. The summed E-state index contributed by atoms with van der Waals surface area (Å²) in [5.74, 6) is 1.68. The highest BCUT2D eigenvalue weighted by atomic mass is 19.1. The molecular weight excluding hydrogens is 577 g/mol. The van der Waals surface area contributed by atoms with Crippen molar-refractivity contribution in [3.63, 3.8) is 0 Å². The molecule has 10 nitrogen and oxygen atoms in total. The van der Waals surface area contributed by atoms with E-state index in [1.54, 1.807) is 0 Å². The molecule has 0 aromatic carbocycles. The van der Waals surface area contributed by atoms with Crippen molar-refractivity contribution < 1.29 is 28.2 Å². The summed E-state index contributed by atoms with van der Waals surface area (Å²) < 4.78 is 33.3. The zero-order chi connectivity index (χ0) is 32.5. The largest absolute Gasteiger partial charge is 0.461 e. The molecular formula is C34H52FN5O5. The molecule has 2 N–H and O–H groups in total. The molecule has 3 rings (SSSR count). The lowest BCUT2D eigenvalue weighted by molar-refractivity contribution is -0.164. The van der Waals surface area contributed by atoms with Crippen molar-refractivity contribution in [1.29, 1.82) is 0 Å². The van der Waals surface area contributed by atoms with Crippen molar-refractivity contribution in [2.24, 2.45) is 0 Å². The van der Waals surface area contributed by atoms with Gasteiger partial charge in [0.2, 0.25) is 5.60 Å². The fourth-order valence-electron chi connectivity index (χ4n) is 5.82. The summed E-state index contributed by atoms with van der Waals surface area (Å²) in [6, 6.07) is -0.714. The third-order valence-electron chi connectivity index (χ3n) is 8.52. The van der Waals surface area contributed by atoms with Gasteiger partial charge in [0.05, 0.1) is 12.9 Å². The number of hydrogen-bond acceptors (Lipinski definition) is 9. The number of unbranched alkanes of at least 4 members (excludes halogenated alkanes) is 14. The minimum Gasteiger partial charge on any atom is -0.461 e. The topological polar surface area (TPSA) is 131 Å². The molecule has 0 aliphatic carbocycles.